The van der Waals surface area contributed by atoms with E-state index in [4.69, 9.17) is 5.73 Å². The maximum absolute atomic E-state index is 10.7. The van der Waals surface area contributed by atoms with Gasteiger partial charge in [-0.3, -0.25) is 15.0 Å². The molecule has 0 aromatic heterocycles. The lowest BCUT2D eigenvalue weighted by molar-refractivity contribution is -0.384. The summed E-state index contributed by atoms with van der Waals surface area (Å²) in [5.41, 5.74) is 7.10. The van der Waals surface area contributed by atoms with Crippen molar-refractivity contribution in [1.29, 1.82) is 0 Å². The molecule has 1 aromatic rings. The molecule has 19 heavy (non-hydrogen) atoms. The van der Waals surface area contributed by atoms with Crippen LogP contribution in [0.15, 0.2) is 24.3 Å². The molecule has 1 aliphatic rings. The van der Waals surface area contributed by atoms with Gasteiger partial charge in [-0.15, -0.1) is 0 Å². The Bertz CT molecular complexity index is 440. The minimum absolute atomic E-state index is 0.169. The Balaban J connectivity index is 1.92. The third-order valence-corrected chi connectivity index (χ3v) is 3.90. The minimum Gasteiger partial charge on any atom is -0.328 e. The Morgan fingerprint density at radius 2 is 2.16 bits per heavy atom. The highest BCUT2D eigenvalue weighted by atomic mass is 16.6. The van der Waals surface area contributed by atoms with E-state index in [0.29, 0.717) is 5.92 Å². The molecule has 5 heteroatoms. The largest absolute Gasteiger partial charge is 0.328 e. The zero-order chi connectivity index (χ0) is 13.8. The SMILES string of the molecule is CC(N)C1CCN(Cc2cccc([N+](=O)[O-])c2)CC1. The molecule has 0 bridgehead atoms. The van der Waals surface area contributed by atoms with Crippen LogP contribution in [0.2, 0.25) is 0 Å². The zero-order valence-corrected chi connectivity index (χ0v) is 11.3. The van der Waals surface area contributed by atoms with Crippen molar-refractivity contribution in [2.24, 2.45) is 11.7 Å². The fourth-order valence-electron chi connectivity index (χ4n) is 2.66. The van der Waals surface area contributed by atoms with Gasteiger partial charge in [-0.05, 0) is 44.3 Å². The van der Waals surface area contributed by atoms with E-state index in [9.17, 15) is 10.1 Å². The number of piperidine rings is 1. The van der Waals surface area contributed by atoms with Crippen molar-refractivity contribution in [1.82, 2.24) is 4.90 Å². The number of nitro benzene ring substituents is 1. The molecule has 1 fully saturated rings. The van der Waals surface area contributed by atoms with E-state index < -0.39 is 0 Å². The summed E-state index contributed by atoms with van der Waals surface area (Å²) >= 11 is 0. The first kappa shape index (κ1) is 14.0. The van der Waals surface area contributed by atoms with Crippen molar-refractivity contribution < 1.29 is 4.92 Å². The highest BCUT2D eigenvalue weighted by Gasteiger charge is 2.22. The Labute approximate surface area is 113 Å². The summed E-state index contributed by atoms with van der Waals surface area (Å²) in [6.45, 7) is 4.90. The molecule has 2 N–H and O–H groups in total. The van der Waals surface area contributed by atoms with Crippen LogP contribution in [0.3, 0.4) is 0 Å². The summed E-state index contributed by atoms with van der Waals surface area (Å²) in [6.07, 6.45) is 2.24. The zero-order valence-electron chi connectivity index (χ0n) is 11.3. The van der Waals surface area contributed by atoms with Crippen LogP contribution >= 0.6 is 0 Å². The van der Waals surface area contributed by atoms with E-state index in [0.717, 1.165) is 38.0 Å². The van der Waals surface area contributed by atoms with E-state index >= 15 is 0 Å². The molecule has 104 valence electrons. The number of nitrogens with zero attached hydrogens (tertiary/aromatic N) is 2. The molecule has 1 heterocycles. The number of benzene rings is 1. The summed E-state index contributed by atoms with van der Waals surface area (Å²) in [6, 6.07) is 7.16. The molecule has 1 unspecified atom stereocenters. The van der Waals surface area contributed by atoms with Gasteiger partial charge in [-0.1, -0.05) is 12.1 Å². The van der Waals surface area contributed by atoms with Gasteiger partial charge in [0, 0.05) is 24.7 Å². The average molecular weight is 263 g/mol. The number of rotatable bonds is 4. The lowest BCUT2D eigenvalue weighted by Crippen LogP contribution is -2.39. The van der Waals surface area contributed by atoms with Crippen LogP contribution < -0.4 is 5.73 Å². The lowest BCUT2D eigenvalue weighted by Gasteiger charge is -2.33. The molecule has 5 nitrogen and oxygen atoms in total. The molecule has 2 rings (SSSR count). The van der Waals surface area contributed by atoms with Crippen molar-refractivity contribution in [2.75, 3.05) is 13.1 Å². The number of likely N-dealkylation sites (tertiary alicyclic amines) is 1. The highest BCUT2D eigenvalue weighted by molar-refractivity contribution is 5.34. The van der Waals surface area contributed by atoms with Gasteiger partial charge in [-0.2, -0.15) is 0 Å². The average Bonchev–Trinajstić information content (AvgIpc) is 2.39. The number of non-ortho nitro benzene ring substituents is 1. The third kappa shape index (κ3) is 3.75. The summed E-state index contributed by atoms with van der Waals surface area (Å²) in [5.74, 6) is 0.612. The predicted octanol–water partition coefficient (Wildman–Crippen LogP) is 2.15. The van der Waals surface area contributed by atoms with Crippen LogP contribution in [0.25, 0.3) is 0 Å². The molecule has 1 aromatic carbocycles. The number of nitro groups is 1. The predicted molar refractivity (Wildman–Crippen MR) is 74.7 cm³/mol. The van der Waals surface area contributed by atoms with E-state index in [1.807, 2.05) is 6.07 Å². The maximum Gasteiger partial charge on any atom is 0.269 e. The van der Waals surface area contributed by atoms with E-state index in [1.165, 1.54) is 6.07 Å². The van der Waals surface area contributed by atoms with Gasteiger partial charge < -0.3 is 5.73 Å². The Kier molecular flexibility index (Phi) is 4.50. The summed E-state index contributed by atoms with van der Waals surface area (Å²) < 4.78 is 0. The molecule has 0 amide bonds. The van der Waals surface area contributed by atoms with Gasteiger partial charge in [0.1, 0.15) is 0 Å². The van der Waals surface area contributed by atoms with Crippen LogP contribution in [0.4, 0.5) is 5.69 Å². The summed E-state index contributed by atoms with van der Waals surface area (Å²) in [5, 5.41) is 10.7. The lowest BCUT2D eigenvalue weighted by atomic mass is 9.91. The molecule has 0 saturated carbocycles. The van der Waals surface area contributed by atoms with Crippen LogP contribution in [-0.4, -0.2) is 29.0 Å². The van der Waals surface area contributed by atoms with Gasteiger partial charge in [0.15, 0.2) is 0 Å². The number of nitrogens with two attached hydrogens (primary N) is 1. The second kappa shape index (κ2) is 6.12. The maximum atomic E-state index is 10.7. The van der Waals surface area contributed by atoms with Crippen molar-refractivity contribution in [3.63, 3.8) is 0 Å². The first-order valence-corrected chi connectivity index (χ1v) is 6.77. The van der Waals surface area contributed by atoms with Gasteiger partial charge in [-0.25, -0.2) is 0 Å². The quantitative estimate of drug-likeness (QED) is 0.667. The second-order valence-electron chi connectivity index (χ2n) is 5.40. The normalized spacial score (nSPS) is 19.3. The van der Waals surface area contributed by atoms with Gasteiger partial charge in [0.2, 0.25) is 0 Å². The Morgan fingerprint density at radius 1 is 1.47 bits per heavy atom. The molecule has 0 aliphatic carbocycles. The number of hydrogen-bond acceptors (Lipinski definition) is 4. The topological polar surface area (TPSA) is 72.4 Å². The molecule has 0 spiro atoms. The van der Waals surface area contributed by atoms with E-state index in [-0.39, 0.29) is 16.7 Å². The Hall–Kier alpha value is -1.46. The molecule has 0 radical (unpaired) electrons. The number of hydrogen-bond donors (Lipinski definition) is 1. The first-order valence-electron chi connectivity index (χ1n) is 6.77. The van der Waals surface area contributed by atoms with E-state index in [2.05, 4.69) is 11.8 Å². The highest BCUT2D eigenvalue weighted by Crippen LogP contribution is 2.22. The fourth-order valence-corrected chi connectivity index (χ4v) is 2.66. The van der Waals surface area contributed by atoms with Gasteiger partial charge in [0.25, 0.3) is 5.69 Å². The van der Waals surface area contributed by atoms with Crippen LogP contribution in [0, 0.1) is 16.0 Å². The van der Waals surface area contributed by atoms with Crippen molar-refractivity contribution in [3.05, 3.63) is 39.9 Å². The molecule has 1 atom stereocenters. The molecule has 1 aliphatic heterocycles. The van der Waals surface area contributed by atoms with E-state index in [1.54, 1.807) is 12.1 Å². The fraction of sp³-hybridized carbons (Fsp3) is 0.571. The van der Waals surface area contributed by atoms with Gasteiger partial charge in [0.05, 0.1) is 4.92 Å². The standard InChI is InChI=1S/C14H21N3O2/c1-11(15)13-5-7-16(8-6-13)10-12-3-2-4-14(9-12)17(18)19/h2-4,9,11,13H,5-8,10,15H2,1H3. The monoisotopic (exact) mass is 263 g/mol. The van der Waals surface area contributed by atoms with Crippen molar-refractivity contribution in [3.8, 4) is 0 Å². The second-order valence-corrected chi connectivity index (χ2v) is 5.40. The minimum atomic E-state index is -0.341. The summed E-state index contributed by atoms with van der Waals surface area (Å²) in [4.78, 5) is 12.7. The van der Waals surface area contributed by atoms with Crippen LogP contribution in [0.1, 0.15) is 25.3 Å². The molecule has 1 saturated heterocycles. The van der Waals surface area contributed by atoms with Crippen LogP contribution in [-0.2, 0) is 6.54 Å². The summed E-state index contributed by atoms with van der Waals surface area (Å²) in [7, 11) is 0. The Morgan fingerprint density at radius 3 is 2.74 bits per heavy atom. The molecular formula is C14H21N3O2. The van der Waals surface area contributed by atoms with Gasteiger partial charge >= 0.3 is 0 Å². The smallest absolute Gasteiger partial charge is 0.269 e. The molecular weight excluding hydrogens is 242 g/mol. The van der Waals surface area contributed by atoms with Crippen molar-refractivity contribution in [2.45, 2.75) is 32.4 Å². The van der Waals surface area contributed by atoms with Crippen molar-refractivity contribution >= 4 is 5.69 Å². The van der Waals surface area contributed by atoms with Crippen LogP contribution in [0.5, 0.6) is 0 Å². The third-order valence-electron chi connectivity index (χ3n) is 3.90. The first-order chi connectivity index (χ1) is 9.06.